The lowest BCUT2D eigenvalue weighted by Crippen LogP contribution is -2.13. The molecular weight excluding hydrogens is 348 g/mol. The summed E-state index contributed by atoms with van der Waals surface area (Å²) < 4.78 is 0.845. The molecule has 0 aliphatic rings. The van der Waals surface area contributed by atoms with Crippen molar-refractivity contribution in [3.63, 3.8) is 0 Å². The molecule has 3 rings (SSSR count). The summed E-state index contributed by atoms with van der Waals surface area (Å²) in [6.45, 7) is 0. The molecule has 3 aromatic rings. The van der Waals surface area contributed by atoms with Gasteiger partial charge in [-0.1, -0.05) is 24.3 Å². The SMILES string of the molecule is O=C(Nc1ccccc1-c1cccs1)c1ccc(Br)cn1. The molecule has 0 aliphatic heterocycles. The maximum absolute atomic E-state index is 12.3. The lowest BCUT2D eigenvalue weighted by atomic mass is 10.1. The lowest BCUT2D eigenvalue weighted by molar-refractivity contribution is 0.102. The highest BCUT2D eigenvalue weighted by Crippen LogP contribution is 2.31. The Balaban J connectivity index is 1.88. The summed E-state index contributed by atoms with van der Waals surface area (Å²) >= 11 is 4.95. The number of halogens is 1. The first-order valence-electron chi connectivity index (χ1n) is 6.30. The number of amides is 1. The smallest absolute Gasteiger partial charge is 0.274 e. The van der Waals surface area contributed by atoms with Crippen molar-refractivity contribution in [3.05, 3.63) is 70.3 Å². The average molecular weight is 359 g/mol. The molecule has 0 radical (unpaired) electrons. The van der Waals surface area contributed by atoms with Crippen molar-refractivity contribution in [1.82, 2.24) is 4.98 Å². The van der Waals surface area contributed by atoms with Crippen molar-refractivity contribution in [1.29, 1.82) is 0 Å². The van der Waals surface area contributed by atoms with Gasteiger partial charge in [-0.05, 0) is 45.6 Å². The van der Waals surface area contributed by atoms with Gasteiger partial charge >= 0.3 is 0 Å². The number of hydrogen-bond donors (Lipinski definition) is 1. The van der Waals surface area contributed by atoms with Gasteiger partial charge in [0.15, 0.2) is 0 Å². The second-order valence-electron chi connectivity index (χ2n) is 4.34. The van der Waals surface area contributed by atoms with E-state index in [2.05, 4.69) is 26.2 Å². The molecule has 0 aliphatic carbocycles. The van der Waals surface area contributed by atoms with E-state index in [0.717, 1.165) is 20.6 Å². The van der Waals surface area contributed by atoms with Gasteiger partial charge in [0.2, 0.25) is 0 Å². The van der Waals surface area contributed by atoms with Crippen LogP contribution in [0.3, 0.4) is 0 Å². The molecule has 0 fully saturated rings. The number of benzene rings is 1. The van der Waals surface area contributed by atoms with Crippen molar-refractivity contribution in [2.75, 3.05) is 5.32 Å². The van der Waals surface area contributed by atoms with Crippen molar-refractivity contribution < 1.29 is 4.79 Å². The number of carbonyl (C=O) groups is 1. The van der Waals surface area contributed by atoms with Gasteiger partial charge in [0.1, 0.15) is 5.69 Å². The first kappa shape index (κ1) is 14.0. The van der Waals surface area contributed by atoms with E-state index in [1.165, 1.54) is 0 Å². The number of carbonyl (C=O) groups excluding carboxylic acids is 1. The van der Waals surface area contributed by atoms with Crippen LogP contribution in [0.2, 0.25) is 0 Å². The van der Waals surface area contributed by atoms with Gasteiger partial charge in [0.25, 0.3) is 5.91 Å². The summed E-state index contributed by atoms with van der Waals surface area (Å²) in [5.74, 6) is -0.216. The van der Waals surface area contributed by atoms with Crippen LogP contribution in [-0.2, 0) is 0 Å². The molecular formula is C16H11BrN2OS. The Hall–Kier alpha value is -1.98. The van der Waals surface area contributed by atoms with Crippen LogP contribution >= 0.6 is 27.3 Å². The fraction of sp³-hybridized carbons (Fsp3) is 0. The molecule has 21 heavy (non-hydrogen) atoms. The third kappa shape index (κ3) is 3.20. The van der Waals surface area contributed by atoms with Crippen LogP contribution in [0.1, 0.15) is 10.5 Å². The standard InChI is InChI=1S/C16H11BrN2OS/c17-11-7-8-14(18-10-11)16(20)19-13-5-2-1-4-12(13)15-6-3-9-21-15/h1-10H,(H,19,20). The molecule has 5 heteroatoms. The van der Waals surface area contributed by atoms with E-state index < -0.39 is 0 Å². The Bertz CT molecular complexity index is 754. The zero-order valence-corrected chi connectivity index (χ0v) is 13.3. The molecule has 0 saturated heterocycles. The lowest BCUT2D eigenvalue weighted by Gasteiger charge is -2.09. The summed E-state index contributed by atoms with van der Waals surface area (Å²) in [4.78, 5) is 17.5. The number of hydrogen-bond acceptors (Lipinski definition) is 3. The van der Waals surface area contributed by atoms with Crippen LogP contribution in [0.5, 0.6) is 0 Å². The molecule has 1 aromatic carbocycles. The van der Waals surface area contributed by atoms with Gasteiger partial charge in [-0.3, -0.25) is 4.79 Å². The molecule has 2 aromatic heterocycles. The maximum Gasteiger partial charge on any atom is 0.274 e. The van der Waals surface area contributed by atoms with E-state index in [9.17, 15) is 4.79 Å². The number of para-hydroxylation sites is 1. The van der Waals surface area contributed by atoms with E-state index in [4.69, 9.17) is 0 Å². The monoisotopic (exact) mass is 358 g/mol. The second kappa shape index (κ2) is 6.20. The first-order valence-corrected chi connectivity index (χ1v) is 7.97. The third-order valence-corrected chi connectivity index (χ3v) is 4.29. The number of nitrogens with one attached hydrogen (secondary N) is 1. The van der Waals surface area contributed by atoms with Crippen molar-refractivity contribution in [2.45, 2.75) is 0 Å². The minimum absolute atomic E-state index is 0.216. The number of aromatic nitrogens is 1. The van der Waals surface area contributed by atoms with Crippen LogP contribution in [0, 0.1) is 0 Å². The zero-order valence-electron chi connectivity index (χ0n) is 10.9. The van der Waals surface area contributed by atoms with Gasteiger partial charge in [-0.2, -0.15) is 0 Å². The van der Waals surface area contributed by atoms with Gasteiger partial charge in [-0.15, -0.1) is 11.3 Å². The van der Waals surface area contributed by atoms with Crippen molar-refractivity contribution in [3.8, 4) is 10.4 Å². The van der Waals surface area contributed by atoms with Crippen LogP contribution < -0.4 is 5.32 Å². The second-order valence-corrected chi connectivity index (χ2v) is 6.20. The van der Waals surface area contributed by atoms with E-state index in [0.29, 0.717) is 5.69 Å². The normalized spacial score (nSPS) is 10.3. The largest absolute Gasteiger partial charge is 0.320 e. The Morgan fingerprint density at radius 2 is 1.95 bits per heavy atom. The Labute approximate surface area is 134 Å². The van der Waals surface area contributed by atoms with E-state index >= 15 is 0 Å². The Kier molecular flexibility index (Phi) is 4.13. The van der Waals surface area contributed by atoms with Gasteiger partial charge < -0.3 is 5.32 Å². The number of anilines is 1. The van der Waals surface area contributed by atoms with Crippen LogP contribution in [0.15, 0.2) is 64.6 Å². The summed E-state index contributed by atoms with van der Waals surface area (Å²) in [6, 6.07) is 15.3. The number of nitrogens with zero attached hydrogens (tertiary/aromatic N) is 1. The van der Waals surface area contributed by atoms with Gasteiger partial charge in [0.05, 0.1) is 0 Å². The quantitative estimate of drug-likeness (QED) is 0.728. The molecule has 104 valence electrons. The fourth-order valence-electron chi connectivity index (χ4n) is 1.94. The summed E-state index contributed by atoms with van der Waals surface area (Å²) in [7, 11) is 0. The van der Waals surface area contributed by atoms with Crippen LogP contribution in [0.25, 0.3) is 10.4 Å². The van der Waals surface area contributed by atoms with Crippen molar-refractivity contribution in [2.24, 2.45) is 0 Å². The van der Waals surface area contributed by atoms with E-state index in [1.54, 1.807) is 29.7 Å². The minimum Gasteiger partial charge on any atom is -0.320 e. The molecule has 2 heterocycles. The molecule has 0 bridgehead atoms. The summed E-state index contributed by atoms with van der Waals surface area (Å²) in [5.41, 5.74) is 2.19. The number of rotatable bonds is 3. The third-order valence-electron chi connectivity index (χ3n) is 2.92. The maximum atomic E-state index is 12.3. The minimum atomic E-state index is -0.216. The van der Waals surface area contributed by atoms with Gasteiger partial charge in [0, 0.05) is 26.8 Å². The Morgan fingerprint density at radius 3 is 2.67 bits per heavy atom. The summed E-state index contributed by atoms with van der Waals surface area (Å²) in [6.07, 6.45) is 1.61. The van der Waals surface area contributed by atoms with Crippen LogP contribution in [0.4, 0.5) is 5.69 Å². The predicted octanol–water partition coefficient (Wildman–Crippen LogP) is 4.82. The molecule has 0 atom stereocenters. The number of thiophene rings is 1. The topological polar surface area (TPSA) is 42.0 Å². The molecule has 1 N–H and O–H groups in total. The van der Waals surface area contributed by atoms with E-state index in [-0.39, 0.29) is 5.91 Å². The average Bonchev–Trinajstić information content (AvgIpc) is 3.02. The van der Waals surface area contributed by atoms with Crippen molar-refractivity contribution >= 4 is 38.9 Å². The fourth-order valence-corrected chi connectivity index (χ4v) is 2.94. The highest BCUT2D eigenvalue weighted by Gasteiger charge is 2.11. The molecule has 1 amide bonds. The molecule has 0 saturated carbocycles. The Morgan fingerprint density at radius 1 is 1.10 bits per heavy atom. The molecule has 3 nitrogen and oxygen atoms in total. The first-order chi connectivity index (χ1) is 10.2. The molecule has 0 unspecified atom stereocenters. The highest BCUT2D eigenvalue weighted by molar-refractivity contribution is 9.10. The zero-order chi connectivity index (χ0) is 14.7. The highest BCUT2D eigenvalue weighted by atomic mass is 79.9. The number of pyridine rings is 1. The van der Waals surface area contributed by atoms with Crippen LogP contribution in [-0.4, -0.2) is 10.9 Å². The predicted molar refractivity (Wildman–Crippen MR) is 89.6 cm³/mol. The summed E-state index contributed by atoms with van der Waals surface area (Å²) in [5, 5.41) is 4.94. The molecule has 0 spiro atoms. The van der Waals surface area contributed by atoms with E-state index in [1.807, 2.05) is 41.8 Å². The van der Waals surface area contributed by atoms with Gasteiger partial charge in [-0.25, -0.2) is 4.98 Å².